The van der Waals surface area contributed by atoms with Crippen molar-refractivity contribution in [3.63, 3.8) is 0 Å². The molecule has 0 saturated carbocycles. The molecule has 0 aliphatic carbocycles. The van der Waals surface area contributed by atoms with Crippen LogP contribution in [0.3, 0.4) is 0 Å². The zero-order valence-corrected chi connectivity index (χ0v) is 13.5. The Bertz CT molecular complexity index is 850. The molecule has 23 heavy (non-hydrogen) atoms. The molecule has 0 spiro atoms. The van der Waals surface area contributed by atoms with Gasteiger partial charge in [-0.15, -0.1) is 0 Å². The Morgan fingerprint density at radius 2 is 1.87 bits per heavy atom. The van der Waals surface area contributed by atoms with Crippen molar-refractivity contribution in [2.75, 3.05) is 5.32 Å². The average molecular weight is 335 g/mol. The van der Waals surface area contributed by atoms with Gasteiger partial charge in [0.1, 0.15) is 4.90 Å². The highest BCUT2D eigenvalue weighted by Crippen LogP contribution is 2.29. The van der Waals surface area contributed by atoms with E-state index in [9.17, 15) is 18.5 Å². The normalized spacial score (nSPS) is 12.7. The number of nitro benzene ring substituents is 1. The van der Waals surface area contributed by atoms with E-state index in [0.29, 0.717) is 0 Å². The Balaban J connectivity index is 2.44. The lowest BCUT2D eigenvalue weighted by atomic mass is 10.0. The fraction of sp³-hybridized carbons (Fsp3) is 0.200. The van der Waals surface area contributed by atoms with Crippen LogP contribution in [0.5, 0.6) is 0 Å². The van der Waals surface area contributed by atoms with Gasteiger partial charge in [-0.2, -0.15) is 0 Å². The summed E-state index contributed by atoms with van der Waals surface area (Å²) < 4.78 is 23.5. The van der Waals surface area contributed by atoms with E-state index in [-0.39, 0.29) is 22.3 Å². The molecule has 0 heterocycles. The Morgan fingerprint density at radius 1 is 1.22 bits per heavy atom. The number of benzene rings is 2. The van der Waals surface area contributed by atoms with Crippen molar-refractivity contribution in [2.45, 2.75) is 24.8 Å². The van der Waals surface area contributed by atoms with E-state index in [1.165, 1.54) is 12.1 Å². The first kappa shape index (κ1) is 16.9. The van der Waals surface area contributed by atoms with E-state index >= 15 is 0 Å². The molecule has 0 aliphatic heterocycles. The summed E-state index contributed by atoms with van der Waals surface area (Å²) in [4.78, 5) is 9.87. The molecule has 122 valence electrons. The van der Waals surface area contributed by atoms with Gasteiger partial charge in [0.2, 0.25) is 10.0 Å². The van der Waals surface area contributed by atoms with Crippen LogP contribution in [0.1, 0.15) is 24.1 Å². The van der Waals surface area contributed by atoms with Crippen LogP contribution in [0.4, 0.5) is 11.4 Å². The molecule has 0 unspecified atom stereocenters. The molecule has 3 N–H and O–H groups in total. The number of sulfonamides is 1. The summed E-state index contributed by atoms with van der Waals surface area (Å²) in [5.74, 6) is 0. The number of hydrogen-bond donors (Lipinski definition) is 2. The van der Waals surface area contributed by atoms with Gasteiger partial charge in [0.25, 0.3) is 5.69 Å². The van der Waals surface area contributed by atoms with Gasteiger partial charge in [0.05, 0.1) is 10.6 Å². The van der Waals surface area contributed by atoms with Crippen molar-refractivity contribution >= 4 is 21.4 Å². The number of non-ortho nitro benzene ring substituents is 1. The predicted octanol–water partition coefficient (Wildman–Crippen LogP) is 2.72. The predicted molar refractivity (Wildman–Crippen MR) is 87.7 cm³/mol. The van der Waals surface area contributed by atoms with Crippen LogP contribution < -0.4 is 10.5 Å². The lowest BCUT2D eigenvalue weighted by molar-refractivity contribution is -0.385. The van der Waals surface area contributed by atoms with Gasteiger partial charge in [-0.25, -0.2) is 13.6 Å². The minimum absolute atomic E-state index is 0.196. The summed E-state index contributed by atoms with van der Waals surface area (Å²) in [7, 11) is -4.09. The van der Waals surface area contributed by atoms with E-state index in [1.807, 2.05) is 38.1 Å². The highest BCUT2D eigenvalue weighted by atomic mass is 32.2. The van der Waals surface area contributed by atoms with Gasteiger partial charge < -0.3 is 5.32 Å². The van der Waals surface area contributed by atoms with Crippen molar-refractivity contribution in [3.05, 3.63) is 63.7 Å². The molecule has 2 aromatic carbocycles. The average Bonchev–Trinajstić information content (AvgIpc) is 2.46. The summed E-state index contributed by atoms with van der Waals surface area (Å²) in [6.45, 7) is 3.82. The summed E-state index contributed by atoms with van der Waals surface area (Å²) >= 11 is 0. The molecule has 8 heteroatoms. The highest BCUT2D eigenvalue weighted by Gasteiger charge is 2.20. The second-order valence-corrected chi connectivity index (χ2v) is 6.74. The van der Waals surface area contributed by atoms with Crippen LogP contribution in [0.15, 0.2) is 47.4 Å². The van der Waals surface area contributed by atoms with Crippen LogP contribution in [0.2, 0.25) is 0 Å². The van der Waals surface area contributed by atoms with E-state index in [1.54, 1.807) is 0 Å². The first-order valence-electron chi connectivity index (χ1n) is 6.83. The number of nitrogens with zero attached hydrogens (tertiary/aromatic N) is 1. The third-order valence-corrected chi connectivity index (χ3v) is 4.46. The van der Waals surface area contributed by atoms with Crippen molar-refractivity contribution in [2.24, 2.45) is 5.14 Å². The second-order valence-electron chi connectivity index (χ2n) is 5.21. The minimum Gasteiger partial charge on any atom is -0.377 e. The standard InChI is InChI=1S/C15H17N3O4S/c1-10-5-3-4-6-13(10)11(2)17-14-8-7-12(18(19)20)9-15(14)23(16,21)22/h3-9,11,17H,1-2H3,(H2,16,21,22)/t11-/m1/s1. The minimum atomic E-state index is -4.09. The Kier molecular flexibility index (Phi) is 4.67. The van der Waals surface area contributed by atoms with Crippen molar-refractivity contribution in [3.8, 4) is 0 Å². The van der Waals surface area contributed by atoms with Gasteiger partial charge in [-0.1, -0.05) is 24.3 Å². The van der Waals surface area contributed by atoms with Crippen LogP contribution in [0.25, 0.3) is 0 Å². The summed E-state index contributed by atoms with van der Waals surface area (Å²) in [6, 6.07) is 11.0. The maximum atomic E-state index is 11.7. The molecule has 0 saturated heterocycles. The van der Waals surface area contributed by atoms with Crippen LogP contribution in [0, 0.1) is 17.0 Å². The van der Waals surface area contributed by atoms with Gasteiger partial charge in [0, 0.05) is 18.2 Å². The molecule has 0 radical (unpaired) electrons. The third kappa shape index (κ3) is 3.85. The smallest absolute Gasteiger partial charge is 0.270 e. The molecule has 1 atom stereocenters. The van der Waals surface area contributed by atoms with E-state index in [4.69, 9.17) is 5.14 Å². The fourth-order valence-electron chi connectivity index (χ4n) is 2.36. The number of anilines is 1. The van der Waals surface area contributed by atoms with E-state index < -0.39 is 14.9 Å². The van der Waals surface area contributed by atoms with Gasteiger partial charge in [-0.3, -0.25) is 10.1 Å². The third-order valence-electron chi connectivity index (χ3n) is 3.51. The van der Waals surface area contributed by atoms with Gasteiger partial charge in [-0.05, 0) is 31.0 Å². The number of hydrogen-bond acceptors (Lipinski definition) is 5. The lowest BCUT2D eigenvalue weighted by Crippen LogP contribution is -2.17. The Labute approximate surface area is 134 Å². The van der Waals surface area contributed by atoms with Crippen LogP contribution in [-0.2, 0) is 10.0 Å². The fourth-order valence-corrected chi connectivity index (χ4v) is 3.08. The molecule has 2 rings (SSSR count). The van der Waals surface area contributed by atoms with Crippen molar-refractivity contribution in [1.82, 2.24) is 0 Å². The first-order valence-corrected chi connectivity index (χ1v) is 8.38. The number of nitro groups is 1. The molecule has 0 bridgehead atoms. The number of primary sulfonamides is 1. The highest BCUT2D eigenvalue weighted by molar-refractivity contribution is 7.89. The molecule has 0 fully saturated rings. The van der Waals surface area contributed by atoms with Gasteiger partial charge in [0.15, 0.2) is 0 Å². The zero-order valence-electron chi connectivity index (χ0n) is 12.7. The van der Waals surface area contributed by atoms with Crippen molar-refractivity contribution in [1.29, 1.82) is 0 Å². The topological polar surface area (TPSA) is 115 Å². The molecule has 2 aromatic rings. The number of nitrogens with one attached hydrogen (secondary N) is 1. The Morgan fingerprint density at radius 3 is 2.43 bits per heavy atom. The lowest BCUT2D eigenvalue weighted by Gasteiger charge is -2.19. The monoisotopic (exact) mass is 335 g/mol. The van der Waals surface area contributed by atoms with E-state index in [0.717, 1.165) is 17.2 Å². The zero-order chi connectivity index (χ0) is 17.2. The summed E-state index contributed by atoms with van der Waals surface area (Å²) in [5.41, 5.74) is 1.94. The molecule has 0 aliphatic rings. The SMILES string of the molecule is Cc1ccccc1[C@@H](C)Nc1ccc([N+](=O)[O-])cc1S(N)(=O)=O. The number of rotatable bonds is 5. The second kappa shape index (κ2) is 6.35. The molecule has 7 nitrogen and oxygen atoms in total. The number of aryl methyl sites for hydroxylation is 1. The molecule has 0 amide bonds. The molecular formula is C15H17N3O4S. The maximum Gasteiger partial charge on any atom is 0.270 e. The molecular weight excluding hydrogens is 318 g/mol. The summed E-state index contributed by atoms with van der Waals surface area (Å²) in [5, 5.41) is 19.1. The summed E-state index contributed by atoms with van der Waals surface area (Å²) in [6.07, 6.45) is 0. The quantitative estimate of drug-likeness (QED) is 0.644. The van der Waals surface area contributed by atoms with Crippen LogP contribution in [-0.4, -0.2) is 13.3 Å². The maximum absolute atomic E-state index is 11.7. The largest absolute Gasteiger partial charge is 0.377 e. The van der Waals surface area contributed by atoms with Crippen LogP contribution >= 0.6 is 0 Å². The first-order chi connectivity index (χ1) is 10.7. The number of nitrogens with two attached hydrogens (primary N) is 1. The van der Waals surface area contributed by atoms with E-state index in [2.05, 4.69) is 5.32 Å². The Hall–Kier alpha value is -2.45. The van der Waals surface area contributed by atoms with Crippen molar-refractivity contribution < 1.29 is 13.3 Å². The van der Waals surface area contributed by atoms with Gasteiger partial charge >= 0.3 is 0 Å². The molecule has 0 aromatic heterocycles.